The lowest BCUT2D eigenvalue weighted by atomic mass is 9.97. The molecule has 2 aliphatic carbocycles. The van der Waals surface area contributed by atoms with Gasteiger partial charge in [-0.25, -0.2) is 4.79 Å². The van der Waals surface area contributed by atoms with Gasteiger partial charge < -0.3 is 9.47 Å². The van der Waals surface area contributed by atoms with Gasteiger partial charge >= 0.3 is 17.9 Å². The number of hydrogen-bond acceptors (Lipinski definition) is 3. The molecular weight excluding hydrogens is 273 g/mol. The molecule has 2 rings (SSSR count). The van der Waals surface area contributed by atoms with Gasteiger partial charge in [0, 0.05) is 12.5 Å². The molecular formula is C14H19F3O3. The number of hydrogen-bond donors (Lipinski definition) is 0. The van der Waals surface area contributed by atoms with Crippen LogP contribution >= 0.6 is 0 Å². The van der Waals surface area contributed by atoms with E-state index in [4.69, 9.17) is 4.74 Å². The number of ether oxygens (including phenoxy) is 2. The van der Waals surface area contributed by atoms with E-state index in [1.165, 1.54) is 6.92 Å². The average Bonchev–Trinajstić information content (AvgIpc) is 2.88. The molecule has 0 N–H and O–H groups in total. The Morgan fingerprint density at radius 3 is 2.30 bits per heavy atom. The van der Waals surface area contributed by atoms with Crippen molar-refractivity contribution in [3.63, 3.8) is 0 Å². The number of carbonyl (C=O) groups is 1. The molecule has 114 valence electrons. The lowest BCUT2D eigenvalue weighted by Gasteiger charge is -2.36. The Morgan fingerprint density at radius 2 is 1.90 bits per heavy atom. The van der Waals surface area contributed by atoms with Gasteiger partial charge in [0.25, 0.3) is 0 Å². The topological polar surface area (TPSA) is 35.5 Å². The smallest absolute Gasteiger partial charge is 0.420 e. The summed E-state index contributed by atoms with van der Waals surface area (Å²) >= 11 is 0. The second-order valence-corrected chi connectivity index (χ2v) is 5.94. The molecule has 6 heteroatoms. The standard InChI is InChI=1S/C14H19F3O3/c1-8(2)12(18)20-13(3,14(15,16)17)19-11-7-9-4-5-10(11)6-9/h9-11H,1,4-7H2,2-3H3. The van der Waals surface area contributed by atoms with Crippen LogP contribution in [-0.4, -0.2) is 24.0 Å². The molecule has 0 aromatic carbocycles. The van der Waals surface area contributed by atoms with Crippen LogP contribution in [0.3, 0.4) is 0 Å². The van der Waals surface area contributed by atoms with Crippen LogP contribution in [0.5, 0.6) is 0 Å². The molecule has 0 radical (unpaired) electrons. The number of halogens is 3. The third-order valence-electron chi connectivity index (χ3n) is 4.20. The monoisotopic (exact) mass is 292 g/mol. The molecule has 0 aromatic heterocycles. The van der Waals surface area contributed by atoms with E-state index in [2.05, 4.69) is 11.3 Å². The Balaban J connectivity index is 2.11. The summed E-state index contributed by atoms with van der Waals surface area (Å²) in [7, 11) is 0. The number of fused-ring (bicyclic) bond motifs is 2. The van der Waals surface area contributed by atoms with Crippen molar-refractivity contribution >= 4 is 5.97 Å². The van der Waals surface area contributed by atoms with Gasteiger partial charge in [0.15, 0.2) is 0 Å². The van der Waals surface area contributed by atoms with E-state index in [9.17, 15) is 18.0 Å². The van der Waals surface area contributed by atoms with Crippen LogP contribution < -0.4 is 0 Å². The molecule has 0 amide bonds. The van der Waals surface area contributed by atoms with Crippen LogP contribution in [0, 0.1) is 11.8 Å². The van der Waals surface area contributed by atoms with Gasteiger partial charge in [-0.3, -0.25) is 0 Å². The largest absolute Gasteiger partial charge is 0.455 e. The zero-order valence-corrected chi connectivity index (χ0v) is 11.6. The van der Waals surface area contributed by atoms with E-state index >= 15 is 0 Å². The number of esters is 1. The first-order chi connectivity index (χ1) is 9.12. The summed E-state index contributed by atoms with van der Waals surface area (Å²) in [5.74, 6) is -3.41. The summed E-state index contributed by atoms with van der Waals surface area (Å²) in [6, 6.07) is 0. The van der Waals surface area contributed by atoms with Crippen molar-refractivity contribution in [1.82, 2.24) is 0 Å². The van der Waals surface area contributed by atoms with Crippen LogP contribution in [0.25, 0.3) is 0 Å². The Bertz CT molecular complexity index is 418. The third-order valence-corrected chi connectivity index (χ3v) is 4.20. The fourth-order valence-corrected chi connectivity index (χ4v) is 3.03. The highest BCUT2D eigenvalue weighted by Gasteiger charge is 2.59. The molecule has 2 aliphatic rings. The van der Waals surface area contributed by atoms with E-state index in [0.29, 0.717) is 12.3 Å². The average molecular weight is 292 g/mol. The summed E-state index contributed by atoms with van der Waals surface area (Å²) in [6.45, 7) is 5.36. The van der Waals surface area contributed by atoms with Crippen molar-refractivity contribution in [1.29, 1.82) is 0 Å². The molecule has 20 heavy (non-hydrogen) atoms. The molecule has 4 atom stereocenters. The summed E-state index contributed by atoms with van der Waals surface area (Å²) in [6.07, 6.45) is -1.80. The summed E-state index contributed by atoms with van der Waals surface area (Å²) in [4.78, 5) is 11.4. The fraction of sp³-hybridized carbons (Fsp3) is 0.786. The first-order valence-corrected chi connectivity index (χ1v) is 6.76. The zero-order chi connectivity index (χ0) is 15.1. The van der Waals surface area contributed by atoms with Crippen molar-refractivity contribution in [3.8, 4) is 0 Å². The van der Waals surface area contributed by atoms with Gasteiger partial charge in [0.1, 0.15) is 0 Å². The maximum absolute atomic E-state index is 13.2. The zero-order valence-electron chi connectivity index (χ0n) is 11.6. The molecule has 3 nitrogen and oxygen atoms in total. The SMILES string of the molecule is C=C(C)C(=O)OC(C)(OC1CC2CCC1C2)C(F)(F)F. The molecule has 0 saturated heterocycles. The van der Waals surface area contributed by atoms with Crippen molar-refractivity contribution < 1.29 is 27.4 Å². The molecule has 0 aliphatic heterocycles. The van der Waals surface area contributed by atoms with Crippen molar-refractivity contribution in [2.75, 3.05) is 0 Å². The maximum Gasteiger partial charge on any atom is 0.455 e. The fourth-order valence-electron chi connectivity index (χ4n) is 3.03. The second kappa shape index (κ2) is 5.06. The van der Waals surface area contributed by atoms with E-state index < -0.39 is 24.0 Å². The van der Waals surface area contributed by atoms with Crippen LogP contribution in [0.2, 0.25) is 0 Å². The molecule has 4 unspecified atom stereocenters. The lowest BCUT2D eigenvalue weighted by Crippen LogP contribution is -2.51. The van der Waals surface area contributed by atoms with Gasteiger partial charge in [-0.05, 0) is 44.4 Å². The highest BCUT2D eigenvalue weighted by molar-refractivity contribution is 5.87. The van der Waals surface area contributed by atoms with Crippen LogP contribution in [0.1, 0.15) is 39.5 Å². The number of alkyl halides is 3. The number of carbonyl (C=O) groups excluding carboxylic acids is 1. The first kappa shape index (κ1) is 15.4. The minimum absolute atomic E-state index is 0.0861. The Kier molecular flexibility index (Phi) is 3.88. The lowest BCUT2D eigenvalue weighted by molar-refractivity contribution is -0.372. The third kappa shape index (κ3) is 2.85. The van der Waals surface area contributed by atoms with Crippen LogP contribution in [0.15, 0.2) is 12.2 Å². The highest BCUT2D eigenvalue weighted by Crippen LogP contribution is 2.48. The van der Waals surface area contributed by atoms with Gasteiger partial charge in [-0.2, -0.15) is 13.2 Å². The minimum atomic E-state index is -4.78. The molecule has 2 fully saturated rings. The van der Waals surface area contributed by atoms with E-state index in [1.807, 2.05) is 0 Å². The quantitative estimate of drug-likeness (QED) is 0.451. The predicted octanol–water partition coefficient (Wildman–Crippen LogP) is 3.59. The van der Waals surface area contributed by atoms with Crippen LogP contribution in [-0.2, 0) is 14.3 Å². The van der Waals surface area contributed by atoms with E-state index in [-0.39, 0.29) is 11.5 Å². The highest BCUT2D eigenvalue weighted by atomic mass is 19.4. The predicted molar refractivity (Wildman–Crippen MR) is 65.7 cm³/mol. The molecule has 0 aromatic rings. The molecule has 2 saturated carbocycles. The molecule has 2 bridgehead atoms. The maximum atomic E-state index is 13.2. The van der Waals surface area contributed by atoms with Crippen LogP contribution in [0.4, 0.5) is 13.2 Å². The Hall–Kier alpha value is -1.04. The normalized spacial score (nSPS) is 31.9. The minimum Gasteiger partial charge on any atom is -0.420 e. The van der Waals surface area contributed by atoms with Crippen molar-refractivity contribution in [2.24, 2.45) is 11.8 Å². The molecule has 0 heterocycles. The summed E-state index contributed by atoms with van der Waals surface area (Å²) < 4.78 is 49.3. The first-order valence-electron chi connectivity index (χ1n) is 6.76. The van der Waals surface area contributed by atoms with Gasteiger partial charge in [0.05, 0.1) is 6.10 Å². The number of rotatable bonds is 4. The molecule has 0 spiro atoms. The Morgan fingerprint density at radius 1 is 1.25 bits per heavy atom. The summed E-state index contributed by atoms with van der Waals surface area (Å²) in [5, 5.41) is 0. The van der Waals surface area contributed by atoms with E-state index in [1.54, 1.807) is 0 Å². The Labute approximate surface area is 116 Å². The van der Waals surface area contributed by atoms with E-state index in [0.717, 1.165) is 26.2 Å². The van der Waals surface area contributed by atoms with Gasteiger partial charge in [-0.15, -0.1) is 0 Å². The van der Waals surface area contributed by atoms with Gasteiger partial charge in [-0.1, -0.05) is 6.58 Å². The van der Waals surface area contributed by atoms with Gasteiger partial charge in [0.2, 0.25) is 0 Å². The van der Waals surface area contributed by atoms with Crippen molar-refractivity contribution in [2.45, 2.75) is 57.6 Å². The van der Waals surface area contributed by atoms with Crippen molar-refractivity contribution in [3.05, 3.63) is 12.2 Å². The second-order valence-electron chi connectivity index (χ2n) is 5.94. The summed E-state index contributed by atoms with van der Waals surface area (Å²) in [5.41, 5.74) is -0.0861.